The first kappa shape index (κ1) is 15.3. The van der Waals surface area contributed by atoms with Gasteiger partial charge in [-0.2, -0.15) is 4.39 Å². The molecule has 1 aliphatic heterocycles. The summed E-state index contributed by atoms with van der Waals surface area (Å²) in [6.45, 7) is 3.26. The molecular formula is C13H15F2N3O3. The van der Waals surface area contributed by atoms with Gasteiger partial charge < -0.3 is 15.0 Å². The molecule has 0 saturated carbocycles. The zero-order valence-electron chi connectivity index (χ0n) is 11.4. The van der Waals surface area contributed by atoms with Crippen molar-refractivity contribution >= 4 is 11.8 Å². The monoisotopic (exact) mass is 299 g/mol. The van der Waals surface area contributed by atoms with Crippen molar-refractivity contribution in [2.75, 3.05) is 26.3 Å². The Bertz CT molecular complexity index is 547. The van der Waals surface area contributed by atoms with E-state index in [0.29, 0.717) is 26.3 Å². The number of rotatable bonds is 3. The number of hydrogen-bond donors (Lipinski definition) is 1. The highest BCUT2D eigenvalue weighted by atomic mass is 19.2. The molecule has 1 aromatic heterocycles. The molecule has 1 N–H and O–H groups in total. The molecule has 1 fully saturated rings. The third kappa shape index (κ3) is 3.52. The number of pyridine rings is 1. The number of halogens is 2. The topological polar surface area (TPSA) is 71.5 Å². The second-order valence-corrected chi connectivity index (χ2v) is 4.60. The van der Waals surface area contributed by atoms with Crippen LogP contribution in [-0.4, -0.2) is 54.0 Å². The van der Waals surface area contributed by atoms with Crippen LogP contribution in [0.5, 0.6) is 0 Å². The first-order valence-electron chi connectivity index (χ1n) is 6.48. The lowest BCUT2D eigenvalue weighted by Gasteiger charge is -2.29. The van der Waals surface area contributed by atoms with Gasteiger partial charge in [0.1, 0.15) is 6.04 Å². The van der Waals surface area contributed by atoms with Crippen LogP contribution in [0.4, 0.5) is 8.78 Å². The van der Waals surface area contributed by atoms with E-state index >= 15 is 0 Å². The van der Waals surface area contributed by atoms with Crippen molar-refractivity contribution in [2.24, 2.45) is 0 Å². The lowest BCUT2D eigenvalue weighted by Crippen LogP contribution is -2.50. The van der Waals surface area contributed by atoms with E-state index in [1.165, 1.54) is 6.92 Å². The Morgan fingerprint density at radius 3 is 2.71 bits per heavy atom. The van der Waals surface area contributed by atoms with Crippen LogP contribution in [0.25, 0.3) is 0 Å². The first-order valence-corrected chi connectivity index (χ1v) is 6.48. The molecule has 1 aliphatic rings. The molecule has 1 unspecified atom stereocenters. The summed E-state index contributed by atoms with van der Waals surface area (Å²) in [5.74, 6) is -3.83. The van der Waals surface area contributed by atoms with Crippen molar-refractivity contribution in [1.29, 1.82) is 0 Å². The molecule has 0 radical (unpaired) electrons. The van der Waals surface area contributed by atoms with Crippen molar-refractivity contribution < 1.29 is 23.1 Å². The van der Waals surface area contributed by atoms with E-state index < -0.39 is 29.3 Å². The van der Waals surface area contributed by atoms with Crippen LogP contribution in [0.2, 0.25) is 0 Å². The van der Waals surface area contributed by atoms with Gasteiger partial charge in [-0.15, -0.1) is 0 Å². The number of aromatic nitrogens is 1. The van der Waals surface area contributed by atoms with Crippen LogP contribution in [-0.2, 0) is 9.53 Å². The smallest absolute Gasteiger partial charge is 0.255 e. The molecule has 0 aromatic carbocycles. The number of carbonyl (C=O) groups is 2. The predicted molar refractivity (Wildman–Crippen MR) is 68.5 cm³/mol. The minimum absolute atomic E-state index is 0.290. The average Bonchev–Trinajstić information content (AvgIpc) is 2.50. The minimum atomic E-state index is -1.35. The molecule has 21 heavy (non-hydrogen) atoms. The van der Waals surface area contributed by atoms with Crippen LogP contribution in [0, 0.1) is 11.8 Å². The van der Waals surface area contributed by atoms with Gasteiger partial charge in [0, 0.05) is 19.3 Å². The van der Waals surface area contributed by atoms with Gasteiger partial charge in [-0.1, -0.05) is 0 Å². The summed E-state index contributed by atoms with van der Waals surface area (Å²) in [7, 11) is 0. The summed E-state index contributed by atoms with van der Waals surface area (Å²) >= 11 is 0. The largest absolute Gasteiger partial charge is 0.378 e. The SMILES string of the molecule is CC(NC(=O)c1ccnc(F)c1F)C(=O)N1CCOCC1. The molecule has 6 nitrogen and oxygen atoms in total. The van der Waals surface area contributed by atoms with E-state index in [2.05, 4.69) is 10.3 Å². The van der Waals surface area contributed by atoms with Crippen LogP contribution >= 0.6 is 0 Å². The molecule has 1 atom stereocenters. The Kier molecular flexibility index (Phi) is 4.79. The quantitative estimate of drug-likeness (QED) is 0.817. The number of nitrogens with one attached hydrogen (secondary N) is 1. The first-order chi connectivity index (χ1) is 10.0. The van der Waals surface area contributed by atoms with E-state index in [1.54, 1.807) is 4.90 Å². The Labute approximate surface area is 120 Å². The summed E-state index contributed by atoms with van der Waals surface area (Å²) in [4.78, 5) is 28.6. The molecule has 1 saturated heterocycles. The molecule has 1 aromatic rings. The maximum atomic E-state index is 13.4. The Morgan fingerprint density at radius 2 is 2.05 bits per heavy atom. The zero-order chi connectivity index (χ0) is 15.4. The Balaban J connectivity index is 2.01. The molecule has 0 aliphatic carbocycles. The van der Waals surface area contributed by atoms with Gasteiger partial charge in [0.25, 0.3) is 5.91 Å². The minimum Gasteiger partial charge on any atom is -0.378 e. The van der Waals surface area contributed by atoms with E-state index in [4.69, 9.17) is 4.74 Å². The normalized spacial score (nSPS) is 16.4. The van der Waals surface area contributed by atoms with Crippen molar-refractivity contribution in [2.45, 2.75) is 13.0 Å². The maximum absolute atomic E-state index is 13.4. The molecule has 8 heteroatoms. The summed E-state index contributed by atoms with van der Waals surface area (Å²) in [6.07, 6.45) is 0.988. The molecule has 0 spiro atoms. The van der Waals surface area contributed by atoms with Crippen molar-refractivity contribution in [3.63, 3.8) is 0 Å². The number of morpholine rings is 1. The molecule has 2 amide bonds. The van der Waals surface area contributed by atoms with E-state index in [-0.39, 0.29) is 5.91 Å². The second-order valence-electron chi connectivity index (χ2n) is 4.60. The third-order valence-electron chi connectivity index (χ3n) is 3.13. The van der Waals surface area contributed by atoms with Gasteiger partial charge in [-0.25, -0.2) is 9.37 Å². The van der Waals surface area contributed by atoms with E-state index in [0.717, 1.165) is 12.3 Å². The second kappa shape index (κ2) is 6.57. The predicted octanol–water partition coefficient (Wildman–Crippen LogP) is 0.337. The van der Waals surface area contributed by atoms with Crippen LogP contribution in [0.3, 0.4) is 0 Å². The summed E-state index contributed by atoms with van der Waals surface area (Å²) in [5, 5.41) is 2.36. The van der Waals surface area contributed by atoms with Crippen molar-refractivity contribution in [3.8, 4) is 0 Å². The number of amides is 2. The fraction of sp³-hybridized carbons (Fsp3) is 0.462. The number of carbonyl (C=O) groups excluding carboxylic acids is 2. The van der Waals surface area contributed by atoms with Crippen LogP contribution in [0.15, 0.2) is 12.3 Å². The van der Waals surface area contributed by atoms with E-state index in [1.807, 2.05) is 0 Å². The Hall–Kier alpha value is -2.09. The molecule has 114 valence electrons. The Morgan fingerprint density at radius 1 is 1.38 bits per heavy atom. The van der Waals surface area contributed by atoms with E-state index in [9.17, 15) is 18.4 Å². The van der Waals surface area contributed by atoms with Gasteiger partial charge in [0.2, 0.25) is 11.9 Å². The van der Waals surface area contributed by atoms with Crippen LogP contribution in [0.1, 0.15) is 17.3 Å². The lowest BCUT2D eigenvalue weighted by atomic mass is 10.2. The molecule has 2 rings (SSSR count). The summed E-state index contributed by atoms with van der Waals surface area (Å²) in [6, 6.07) is 0.214. The zero-order valence-corrected chi connectivity index (χ0v) is 11.4. The third-order valence-corrected chi connectivity index (χ3v) is 3.13. The highest BCUT2D eigenvalue weighted by Gasteiger charge is 2.25. The van der Waals surface area contributed by atoms with Gasteiger partial charge in [0.15, 0.2) is 5.82 Å². The fourth-order valence-electron chi connectivity index (χ4n) is 1.99. The summed E-state index contributed by atoms with van der Waals surface area (Å²) < 4.78 is 31.5. The number of ether oxygens (including phenoxy) is 1. The highest BCUT2D eigenvalue weighted by molar-refractivity contribution is 5.97. The van der Waals surface area contributed by atoms with Gasteiger partial charge >= 0.3 is 0 Å². The van der Waals surface area contributed by atoms with Crippen molar-refractivity contribution in [3.05, 3.63) is 29.6 Å². The highest BCUT2D eigenvalue weighted by Crippen LogP contribution is 2.09. The number of hydrogen-bond acceptors (Lipinski definition) is 4. The van der Waals surface area contributed by atoms with Crippen LogP contribution < -0.4 is 5.32 Å². The number of nitrogens with zero attached hydrogens (tertiary/aromatic N) is 2. The average molecular weight is 299 g/mol. The standard InChI is InChI=1S/C13H15F2N3O3/c1-8(13(20)18-4-6-21-7-5-18)17-12(19)9-2-3-16-11(15)10(9)14/h2-3,8H,4-7H2,1H3,(H,17,19). The van der Waals surface area contributed by atoms with Gasteiger partial charge in [0.05, 0.1) is 18.8 Å². The molecule has 2 heterocycles. The summed E-state index contributed by atoms with van der Waals surface area (Å²) in [5.41, 5.74) is -0.482. The molecule has 0 bridgehead atoms. The van der Waals surface area contributed by atoms with Crippen molar-refractivity contribution in [1.82, 2.24) is 15.2 Å². The fourth-order valence-corrected chi connectivity index (χ4v) is 1.99. The molecular weight excluding hydrogens is 284 g/mol. The van der Waals surface area contributed by atoms with Gasteiger partial charge in [-0.3, -0.25) is 9.59 Å². The van der Waals surface area contributed by atoms with Gasteiger partial charge in [-0.05, 0) is 13.0 Å². The maximum Gasteiger partial charge on any atom is 0.255 e. The lowest BCUT2D eigenvalue weighted by molar-refractivity contribution is -0.136.